The SMILES string of the molecule is COc1cc(C=Nn2c(C3CCCCC3)nc3ccc(Br)cc3c2=O)c(Br)c(Br)c1OCC(=O)OC(C)C. The lowest BCUT2D eigenvalue weighted by Gasteiger charge is -2.22. The molecule has 1 fully saturated rings. The number of carbonyl (C=O) groups is 1. The van der Waals surface area contributed by atoms with Gasteiger partial charge in [-0.2, -0.15) is 9.78 Å². The van der Waals surface area contributed by atoms with Gasteiger partial charge >= 0.3 is 5.97 Å². The van der Waals surface area contributed by atoms with Gasteiger partial charge in [0.05, 0.1) is 34.8 Å². The highest BCUT2D eigenvalue weighted by atomic mass is 79.9. The van der Waals surface area contributed by atoms with Crippen LogP contribution in [-0.2, 0) is 9.53 Å². The number of aromatic nitrogens is 2. The maximum absolute atomic E-state index is 13.6. The number of fused-ring (bicyclic) bond motifs is 1. The van der Waals surface area contributed by atoms with Crippen molar-refractivity contribution in [3.63, 3.8) is 0 Å². The first-order valence-electron chi connectivity index (χ1n) is 12.3. The van der Waals surface area contributed by atoms with Crippen LogP contribution in [0.2, 0.25) is 0 Å². The molecule has 3 aromatic rings. The summed E-state index contributed by atoms with van der Waals surface area (Å²) in [6, 6.07) is 7.24. The zero-order chi connectivity index (χ0) is 27.4. The van der Waals surface area contributed by atoms with Gasteiger partial charge in [-0.1, -0.05) is 35.2 Å². The zero-order valence-electron chi connectivity index (χ0n) is 21.3. The van der Waals surface area contributed by atoms with Gasteiger partial charge in [0.15, 0.2) is 18.1 Å². The number of ether oxygens (including phenoxy) is 3. The number of halogens is 3. The summed E-state index contributed by atoms with van der Waals surface area (Å²) in [5.74, 6) is 1.08. The van der Waals surface area contributed by atoms with E-state index in [4.69, 9.17) is 19.2 Å². The fraction of sp³-hybridized carbons (Fsp3) is 0.407. The minimum Gasteiger partial charge on any atom is -0.493 e. The highest BCUT2D eigenvalue weighted by Crippen LogP contribution is 2.42. The third-order valence-electron chi connectivity index (χ3n) is 6.19. The number of methoxy groups -OCH3 is 1. The van der Waals surface area contributed by atoms with E-state index < -0.39 is 5.97 Å². The predicted octanol–water partition coefficient (Wildman–Crippen LogP) is 6.95. The molecule has 1 aliphatic rings. The van der Waals surface area contributed by atoms with Gasteiger partial charge in [0.1, 0.15) is 5.82 Å². The van der Waals surface area contributed by atoms with Gasteiger partial charge in [-0.25, -0.2) is 9.78 Å². The van der Waals surface area contributed by atoms with Gasteiger partial charge in [0.2, 0.25) is 0 Å². The molecule has 1 saturated carbocycles. The Morgan fingerprint density at radius 3 is 2.58 bits per heavy atom. The monoisotopic (exact) mass is 711 g/mol. The molecule has 1 heterocycles. The second-order valence-electron chi connectivity index (χ2n) is 9.28. The van der Waals surface area contributed by atoms with Gasteiger partial charge in [-0.05, 0) is 82.8 Å². The topological polar surface area (TPSA) is 92.0 Å². The predicted molar refractivity (Wildman–Crippen MR) is 158 cm³/mol. The summed E-state index contributed by atoms with van der Waals surface area (Å²) in [5.41, 5.74) is 1.08. The van der Waals surface area contributed by atoms with Crippen LogP contribution in [0.5, 0.6) is 11.5 Å². The van der Waals surface area contributed by atoms with Crippen LogP contribution in [0.4, 0.5) is 0 Å². The molecule has 1 aromatic heterocycles. The maximum Gasteiger partial charge on any atom is 0.344 e. The van der Waals surface area contributed by atoms with Crippen molar-refractivity contribution in [3.05, 3.63) is 59.4 Å². The minimum absolute atomic E-state index is 0.160. The van der Waals surface area contributed by atoms with Crippen LogP contribution in [0.15, 0.2) is 47.6 Å². The summed E-state index contributed by atoms with van der Waals surface area (Å²) in [7, 11) is 1.51. The molecule has 0 bridgehead atoms. The van der Waals surface area contributed by atoms with Gasteiger partial charge in [0, 0.05) is 20.4 Å². The molecular weight excluding hydrogens is 686 g/mol. The lowest BCUT2D eigenvalue weighted by atomic mass is 9.88. The molecule has 11 heteroatoms. The number of esters is 1. The van der Waals surface area contributed by atoms with Crippen molar-refractivity contribution in [1.29, 1.82) is 0 Å². The number of rotatable bonds is 8. The van der Waals surface area contributed by atoms with Crippen molar-refractivity contribution in [2.24, 2.45) is 5.10 Å². The lowest BCUT2D eigenvalue weighted by Crippen LogP contribution is -2.25. The first kappa shape index (κ1) is 28.8. The van der Waals surface area contributed by atoms with Crippen LogP contribution in [0.25, 0.3) is 10.9 Å². The van der Waals surface area contributed by atoms with Crippen molar-refractivity contribution in [2.45, 2.75) is 58.0 Å². The minimum atomic E-state index is -0.485. The van der Waals surface area contributed by atoms with Crippen LogP contribution in [-0.4, -0.2) is 41.7 Å². The molecule has 0 unspecified atom stereocenters. The maximum atomic E-state index is 13.6. The van der Waals surface area contributed by atoms with Crippen molar-refractivity contribution in [2.75, 3.05) is 13.7 Å². The molecule has 0 spiro atoms. The van der Waals surface area contributed by atoms with E-state index in [2.05, 4.69) is 52.9 Å². The van der Waals surface area contributed by atoms with Crippen LogP contribution in [0, 0.1) is 0 Å². The Balaban J connectivity index is 1.74. The van der Waals surface area contributed by atoms with E-state index in [0.29, 0.717) is 42.7 Å². The Morgan fingerprint density at radius 1 is 1.16 bits per heavy atom. The van der Waals surface area contributed by atoms with Crippen molar-refractivity contribution in [3.8, 4) is 11.5 Å². The summed E-state index contributed by atoms with van der Waals surface area (Å²) in [5, 5.41) is 5.12. The highest BCUT2D eigenvalue weighted by molar-refractivity contribution is 9.13. The number of benzene rings is 2. The molecule has 202 valence electrons. The Morgan fingerprint density at radius 2 is 1.89 bits per heavy atom. The number of hydrogen-bond acceptors (Lipinski definition) is 7. The normalized spacial score (nSPS) is 14.4. The molecule has 4 rings (SSSR count). The van der Waals surface area contributed by atoms with Gasteiger partial charge in [-0.15, -0.1) is 0 Å². The second kappa shape index (κ2) is 12.7. The molecule has 0 radical (unpaired) electrons. The summed E-state index contributed by atoms with van der Waals surface area (Å²) >= 11 is 10.6. The Bertz CT molecular complexity index is 1430. The van der Waals surface area contributed by atoms with E-state index in [1.54, 1.807) is 32.2 Å². The number of nitrogens with zero attached hydrogens (tertiary/aromatic N) is 3. The van der Waals surface area contributed by atoms with E-state index >= 15 is 0 Å². The molecule has 1 aliphatic carbocycles. The van der Waals surface area contributed by atoms with Crippen LogP contribution < -0.4 is 15.0 Å². The summed E-state index contributed by atoms with van der Waals surface area (Å²) in [4.78, 5) is 30.5. The van der Waals surface area contributed by atoms with Gasteiger partial charge < -0.3 is 14.2 Å². The molecule has 0 amide bonds. The summed E-state index contributed by atoms with van der Waals surface area (Å²) in [6.07, 6.45) is 6.68. The first-order valence-corrected chi connectivity index (χ1v) is 14.7. The zero-order valence-corrected chi connectivity index (χ0v) is 26.1. The van der Waals surface area contributed by atoms with Crippen LogP contribution >= 0.6 is 47.8 Å². The first-order chi connectivity index (χ1) is 18.2. The summed E-state index contributed by atoms with van der Waals surface area (Å²) < 4.78 is 19.8. The second-order valence-corrected chi connectivity index (χ2v) is 11.8. The van der Waals surface area contributed by atoms with Crippen molar-refractivity contribution in [1.82, 2.24) is 9.66 Å². The highest BCUT2D eigenvalue weighted by Gasteiger charge is 2.23. The standard InChI is InChI=1S/C27H28Br3N3O5/c1-15(2)38-22(34)14-37-25-21(36-3)11-17(23(29)24(25)30)13-31-33-26(16-7-5-4-6-8-16)32-20-10-9-18(28)12-19(20)27(33)35/h9-13,15-16H,4-8,14H2,1-3H3. The molecule has 0 saturated heterocycles. The smallest absolute Gasteiger partial charge is 0.344 e. The van der Waals surface area contributed by atoms with E-state index in [1.165, 1.54) is 18.2 Å². The average Bonchev–Trinajstić information content (AvgIpc) is 2.90. The molecule has 0 atom stereocenters. The fourth-order valence-electron chi connectivity index (χ4n) is 4.44. The van der Waals surface area contributed by atoms with E-state index in [-0.39, 0.29) is 24.2 Å². The molecule has 0 N–H and O–H groups in total. The quantitative estimate of drug-likeness (QED) is 0.185. The fourth-order valence-corrected chi connectivity index (χ4v) is 5.73. The Hall–Kier alpha value is -2.24. The third-order valence-corrected chi connectivity index (χ3v) is 8.83. The van der Waals surface area contributed by atoms with Crippen LogP contribution in [0.1, 0.15) is 63.3 Å². The summed E-state index contributed by atoms with van der Waals surface area (Å²) in [6.45, 7) is 3.27. The largest absolute Gasteiger partial charge is 0.493 e. The average molecular weight is 714 g/mol. The van der Waals surface area contributed by atoms with Crippen molar-refractivity contribution < 1.29 is 19.0 Å². The Kier molecular flexibility index (Phi) is 9.64. The van der Waals surface area contributed by atoms with Crippen LogP contribution in [0.3, 0.4) is 0 Å². The Labute approximate surface area is 246 Å². The molecule has 0 aliphatic heterocycles. The molecule has 38 heavy (non-hydrogen) atoms. The van der Waals surface area contributed by atoms with Gasteiger partial charge in [-0.3, -0.25) is 4.79 Å². The molecule has 8 nitrogen and oxygen atoms in total. The third kappa shape index (κ3) is 6.48. The number of hydrogen-bond donors (Lipinski definition) is 0. The number of carbonyl (C=O) groups excluding carboxylic acids is 1. The van der Waals surface area contributed by atoms with E-state index in [0.717, 1.165) is 30.2 Å². The van der Waals surface area contributed by atoms with E-state index in [9.17, 15) is 9.59 Å². The van der Waals surface area contributed by atoms with Gasteiger partial charge in [0.25, 0.3) is 5.56 Å². The van der Waals surface area contributed by atoms with E-state index in [1.807, 2.05) is 12.1 Å². The van der Waals surface area contributed by atoms with Crippen molar-refractivity contribution >= 4 is 70.9 Å². The molecule has 2 aromatic carbocycles. The molecular formula is C27H28Br3N3O5. The lowest BCUT2D eigenvalue weighted by molar-refractivity contribution is -0.149.